The second-order valence-corrected chi connectivity index (χ2v) is 9.51. The van der Waals surface area contributed by atoms with Crippen molar-refractivity contribution < 1.29 is 19.2 Å². The zero-order chi connectivity index (χ0) is 22.5. The third-order valence-corrected chi connectivity index (χ3v) is 7.33. The summed E-state index contributed by atoms with van der Waals surface area (Å²) in [4.78, 5) is 55.9. The first-order valence-corrected chi connectivity index (χ1v) is 11.4. The molecule has 0 saturated carbocycles. The lowest BCUT2D eigenvalue weighted by atomic mass is 9.85. The highest BCUT2D eigenvalue weighted by atomic mass is 16.2. The molecule has 4 amide bonds. The first-order chi connectivity index (χ1) is 15.4. The Labute approximate surface area is 187 Å². The maximum Gasteiger partial charge on any atom is 0.262 e. The van der Waals surface area contributed by atoms with Gasteiger partial charge in [0.05, 0.1) is 11.1 Å². The summed E-state index contributed by atoms with van der Waals surface area (Å²) in [5.74, 6) is -1.83. The lowest BCUT2D eigenvalue weighted by Gasteiger charge is -2.47. The molecule has 0 aliphatic carbocycles. The molecule has 1 atom stereocenters. The first kappa shape index (κ1) is 21.2. The van der Waals surface area contributed by atoms with Crippen LogP contribution in [-0.4, -0.2) is 89.7 Å². The maximum absolute atomic E-state index is 13.3. The first-order valence-electron chi connectivity index (χ1n) is 11.4. The molecule has 4 aliphatic heterocycles. The van der Waals surface area contributed by atoms with Gasteiger partial charge in [0, 0.05) is 51.2 Å². The fraction of sp³-hybridized carbons (Fsp3) is 0.565. The summed E-state index contributed by atoms with van der Waals surface area (Å²) in [7, 11) is 2.17. The molecule has 1 aromatic rings. The van der Waals surface area contributed by atoms with Gasteiger partial charge >= 0.3 is 0 Å². The molecule has 2 N–H and O–H groups in total. The van der Waals surface area contributed by atoms with Gasteiger partial charge in [-0.3, -0.25) is 34.3 Å². The van der Waals surface area contributed by atoms with Gasteiger partial charge in [-0.2, -0.15) is 0 Å². The number of hydrogen-bond acceptors (Lipinski definition) is 7. The molecule has 9 nitrogen and oxygen atoms in total. The Balaban J connectivity index is 1.32. The number of likely N-dealkylation sites (tertiary alicyclic amines) is 1. The van der Waals surface area contributed by atoms with Crippen LogP contribution in [0.1, 0.15) is 52.0 Å². The fourth-order valence-corrected chi connectivity index (χ4v) is 5.60. The SMILES string of the molecule is CN1CCNC2(CCN(Cc3cccc4c3C(=O)N(C3CCC(=O)NC3=O)C4=O)CC2)C1. The van der Waals surface area contributed by atoms with Crippen LogP contribution in [0, 0.1) is 0 Å². The van der Waals surface area contributed by atoms with Crippen LogP contribution in [0.15, 0.2) is 18.2 Å². The summed E-state index contributed by atoms with van der Waals surface area (Å²) >= 11 is 0. The Bertz CT molecular complexity index is 985. The quantitative estimate of drug-likeness (QED) is 0.637. The summed E-state index contributed by atoms with van der Waals surface area (Å²) in [6.07, 6.45) is 2.37. The van der Waals surface area contributed by atoms with Crippen molar-refractivity contribution in [3.8, 4) is 0 Å². The van der Waals surface area contributed by atoms with Gasteiger partial charge < -0.3 is 10.2 Å². The van der Waals surface area contributed by atoms with E-state index in [9.17, 15) is 19.2 Å². The highest BCUT2D eigenvalue weighted by Crippen LogP contribution is 2.32. The van der Waals surface area contributed by atoms with E-state index in [2.05, 4.69) is 27.5 Å². The van der Waals surface area contributed by atoms with Crippen molar-refractivity contribution >= 4 is 23.6 Å². The minimum Gasteiger partial charge on any atom is -0.309 e. The molecule has 9 heteroatoms. The molecular formula is C23H29N5O4. The Kier molecular flexibility index (Phi) is 5.35. The summed E-state index contributed by atoms with van der Waals surface area (Å²) in [5.41, 5.74) is 1.73. The highest BCUT2D eigenvalue weighted by molar-refractivity contribution is 6.24. The van der Waals surface area contributed by atoms with Crippen LogP contribution in [0.3, 0.4) is 0 Å². The van der Waals surface area contributed by atoms with Crippen LogP contribution < -0.4 is 10.6 Å². The normalized spacial score (nSPS) is 26.5. The zero-order valence-corrected chi connectivity index (χ0v) is 18.4. The summed E-state index contributed by atoms with van der Waals surface area (Å²) in [6, 6.07) is 4.42. The number of amides is 4. The van der Waals surface area contributed by atoms with Crippen molar-refractivity contribution in [3.63, 3.8) is 0 Å². The second kappa shape index (κ2) is 8.06. The second-order valence-electron chi connectivity index (χ2n) is 9.51. The molecule has 0 radical (unpaired) electrons. The highest BCUT2D eigenvalue weighted by Gasteiger charge is 2.46. The van der Waals surface area contributed by atoms with Crippen LogP contribution in [0.4, 0.5) is 0 Å². The van der Waals surface area contributed by atoms with E-state index in [1.807, 2.05) is 6.07 Å². The number of nitrogens with zero attached hydrogens (tertiary/aromatic N) is 3. The van der Waals surface area contributed by atoms with Crippen molar-refractivity contribution in [1.82, 2.24) is 25.3 Å². The fourth-order valence-electron chi connectivity index (χ4n) is 5.60. The van der Waals surface area contributed by atoms with Gasteiger partial charge in [0.15, 0.2) is 0 Å². The number of piperazine rings is 1. The minimum absolute atomic E-state index is 0.120. The zero-order valence-electron chi connectivity index (χ0n) is 18.4. The molecule has 5 rings (SSSR count). The van der Waals surface area contributed by atoms with E-state index in [0.717, 1.165) is 56.0 Å². The van der Waals surface area contributed by atoms with Crippen molar-refractivity contribution in [2.75, 3.05) is 39.8 Å². The van der Waals surface area contributed by atoms with Crippen molar-refractivity contribution in [3.05, 3.63) is 34.9 Å². The molecule has 3 fully saturated rings. The number of likely N-dealkylation sites (N-methyl/N-ethyl adjacent to an activating group) is 1. The van der Waals surface area contributed by atoms with Crippen molar-refractivity contribution in [2.45, 2.75) is 43.8 Å². The summed E-state index contributed by atoms with van der Waals surface area (Å²) in [5, 5.41) is 5.96. The van der Waals surface area contributed by atoms with Gasteiger partial charge in [-0.05, 0) is 37.9 Å². The summed E-state index contributed by atoms with van der Waals surface area (Å²) < 4.78 is 0. The van der Waals surface area contributed by atoms with E-state index < -0.39 is 23.8 Å². The van der Waals surface area contributed by atoms with Crippen LogP contribution in [0.2, 0.25) is 0 Å². The third-order valence-electron chi connectivity index (χ3n) is 7.33. The molecular weight excluding hydrogens is 410 g/mol. The van der Waals surface area contributed by atoms with Gasteiger partial charge in [-0.1, -0.05) is 12.1 Å². The number of nitrogens with one attached hydrogen (secondary N) is 2. The Morgan fingerprint density at radius 3 is 2.56 bits per heavy atom. The smallest absolute Gasteiger partial charge is 0.262 e. The molecule has 32 heavy (non-hydrogen) atoms. The number of carbonyl (C=O) groups is 4. The average molecular weight is 440 g/mol. The van der Waals surface area contributed by atoms with E-state index >= 15 is 0 Å². The van der Waals surface area contributed by atoms with E-state index in [0.29, 0.717) is 17.7 Å². The number of piperidine rings is 2. The van der Waals surface area contributed by atoms with E-state index in [1.54, 1.807) is 12.1 Å². The lowest BCUT2D eigenvalue weighted by molar-refractivity contribution is -0.136. The van der Waals surface area contributed by atoms with E-state index in [4.69, 9.17) is 0 Å². The van der Waals surface area contributed by atoms with Crippen LogP contribution >= 0.6 is 0 Å². The maximum atomic E-state index is 13.3. The number of imide groups is 2. The Morgan fingerprint density at radius 1 is 1.06 bits per heavy atom. The van der Waals surface area contributed by atoms with Crippen LogP contribution in [0.25, 0.3) is 0 Å². The number of benzene rings is 1. The Hall–Kier alpha value is -2.62. The van der Waals surface area contributed by atoms with Gasteiger partial charge in [0.1, 0.15) is 6.04 Å². The molecule has 4 aliphatic rings. The molecule has 1 aromatic carbocycles. The number of fused-ring (bicyclic) bond motifs is 1. The molecule has 4 heterocycles. The number of carbonyl (C=O) groups excluding carboxylic acids is 4. The minimum atomic E-state index is -0.933. The Morgan fingerprint density at radius 2 is 1.84 bits per heavy atom. The molecule has 1 unspecified atom stereocenters. The largest absolute Gasteiger partial charge is 0.309 e. The van der Waals surface area contributed by atoms with Crippen LogP contribution in [-0.2, 0) is 16.1 Å². The predicted molar refractivity (Wildman–Crippen MR) is 116 cm³/mol. The predicted octanol–water partition coefficient (Wildman–Crippen LogP) is -0.0426. The average Bonchev–Trinajstić information content (AvgIpc) is 3.01. The van der Waals surface area contributed by atoms with Crippen molar-refractivity contribution in [1.29, 1.82) is 0 Å². The van der Waals surface area contributed by atoms with Gasteiger partial charge in [0.2, 0.25) is 11.8 Å². The summed E-state index contributed by atoms with van der Waals surface area (Å²) in [6.45, 7) is 5.57. The third kappa shape index (κ3) is 3.64. The van der Waals surface area contributed by atoms with E-state index in [-0.39, 0.29) is 24.3 Å². The van der Waals surface area contributed by atoms with Gasteiger partial charge in [-0.25, -0.2) is 0 Å². The molecule has 0 aromatic heterocycles. The standard InChI is InChI=1S/C23H29N5O4/c1-26-12-9-24-23(14-26)7-10-27(11-8-23)13-15-3-2-4-16-19(15)22(32)28(21(16)31)17-5-6-18(29)25-20(17)30/h2-4,17,24H,5-14H2,1H3,(H,25,29,30). The number of rotatable bonds is 3. The van der Waals surface area contributed by atoms with Crippen molar-refractivity contribution in [2.24, 2.45) is 0 Å². The monoisotopic (exact) mass is 439 g/mol. The molecule has 170 valence electrons. The van der Waals surface area contributed by atoms with Crippen LogP contribution in [0.5, 0.6) is 0 Å². The topological polar surface area (TPSA) is 102 Å². The molecule has 1 spiro atoms. The van der Waals surface area contributed by atoms with E-state index in [1.165, 1.54) is 0 Å². The molecule has 0 bridgehead atoms. The molecule has 3 saturated heterocycles. The van der Waals surface area contributed by atoms with Gasteiger partial charge in [-0.15, -0.1) is 0 Å². The van der Waals surface area contributed by atoms with Gasteiger partial charge in [0.25, 0.3) is 11.8 Å². The lowest BCUT2D eigenvalue weighted by Crippen LogP contribution is -2.63. The number of hydrogen-bond donors (Lipinski definition) is 2.